The first-order valence-electron chi connectivity index (χ1n) is 3.78. The van der Waals surface area contributed by atoms with E-state index in [0.717, 1.165) is 0 Å². The van der Waals surface area contributed by atoms with Crippen LogP contribution >= 0.6 is 12.9 Å². The van der Waals surface area contributed by atoms with Crippen LogP contribution in [0.15, 0.2) is 12.1 Å². The minimum absolute atomic E-state index is 0.163. The molecule has 0 N–H and O–H groups in total. The van der Waals surface area contributed by atoms with Crippen molar-refractivity contribution in [2.75, 3.05) is 0 Å². The fraction of sp³-hybridized carbons (Fsp3) is 0.333. The Labute approximate surface area is 84.0 Å². The Hall–Kier alpha value is 0.466. The minimum Gasteiger partial charge on any atom is -0.296 e. The van der Waals surface area contributed by atoms with Crippen LogP contribution in [-0.2, 0) is 0 Å². The molecule has 0 fully saturated rings. The largest absolute Gasteiger partial charge is 0.507 e. The van der Waals surface area contributed by atoms with Gasteiger partial charge in [-0.15, -0.1) is 3.69 Å². The van der Waals surface area contributed by atoms with E-state index in [0.29, 0.717) is 0 Å². The maximum atomic E-state index is 3.61. The van der Waals surface area contributed by atoms with Crippen LogP contribution in [0.5, 0.6) is 0 Å². The molecule has 0 aliphatic rings. The number of hydrogen-bond donors (Lipinski definition) is 0. The van der Waals surface area contributed by atoms with Crippen molar-refractivity contribution < 1.29 is 0 Å². The van der Waals surface area contributed by atoms with E-state index in [9.17, 15) is 0 Å². The third kappa shape index (κ3) is 2.20. The van der Waals surface area contributed by atoms with E-state index in [2.05, 4.69) is 45.8 Å². The Kier molecular flexibility index (Phi) is 3.41. The van der Waals surface area contributed by atoms with Crippen LogP contribution in [-0.4, -0.2) is 18.2 Å². The van der Waals surface area contributed by atoms with Gasteiger partial charge in [0.15, 0.2) is 0 Å². The summed E-state index contributed by atoms with van der Waals surface area (Å²) in [5, 5.41) is 0. The van der Waals surface area contributed by atoms with Crippen LogP contribution in [0.25, 0.3) is 0 Å². The van der Waals surface area contributed by atoms with E-state index in [-0.39, 0.29) is 18.2 Å². The first kappa shape index (κ1) is 9.55. The molecule has 0 aliphatic carbocycles. The lowest BCUT2D eigenvalue weighted by Gasteiger charge is -2.06. The second-order valence-electron chi connectivity index (χ2n) is 3.00. The maximum absolute atomic E-state index is 3.61. The molecule has 56 valence electrons. The monoisotopic (exact) mass is 222 g/mol. The molecule has 1 aromatic carbocycles. The van der Waals surface area contributed by atoms with Gasteiger partial charge in [-0.25, -0.2) is 0 Å². The summed E-state index contributed by atoms with van der Waals surface area (Å²) in [4.78, 5) is 0. The van der Waals surface area contributed by atoms with Gasteiger partial charge in [0.1, 0.15) is 0 Å². The van der Waals surface area contributed by atoms with E-state index in [1.54, 1.807) is 0 Å². The Morgan fingerprint density at radius 3 is 2.09 bits per heavy atom. The van der Waals surface area contributed by atoms with Crippen LogP contribution in [0.1, 0.15) is 16.7 Å². The third-order valence-electron chi connectivity index (χ3n) is 2.10. The summed E-state index contributed by atoms with van der Waals surface area (Å²) < 4.78 is 1.54. The van der Waals surface area contributed by atoms with Gasteiger partial charge in [-0.3, -0.25) is 12.9 Å². The van der Waals surface area contributed by atoms with Gasteiger partial charge in [-0.2, -0.15) is 0 Å². The van der Waals surface area contributed by atoms with E-state index in [1.165, 1.54) is 20.4 Å². The predicted molar refractivity (Wildman–Crippen MR) is 55.0 cm³/mol. The van der Waals surface area contributed by atoms with Crippen LogP contribution in [0.2, 0.25) is 0 Å². The molecule has 0 unspecified atom stereocenters. The second-order valence-corrected chi connectivity index (χ2v) is 5.71. The molecule has 0 saturated carbocycles. The molecule has 2 heteroatoms. The van der Waals surface area contributed by atoms with E-state index in [1.807, 2.05) is 0 Å². The molecule has 0 amide bonds. The molecule has 0 saturated heterocycles. The van der Waals surface area contributed by atoms with Crippen molar-refractivity contribution >= 4 is 34.8 Å². The quantitative estimate of drug-likeness (QED) is 0.641. The van der Waals surface area contributed by atoms with Gasteiger partial charge in [0.25, 0.3) is 0 Å². The fourth-order valence-corrected chi connectivity index (χ4v) is 3.67. The minimum atomic E-state index is -0.163. The Balaban J connectivity index is 3.21. The number of benzene rings is 1. The van der Waals surface area contributed by atoms with Crippen molar-refractivity contribution in [1.29, 1.82) is 0 Å². The number of aryl methyl sites for hydroxylation is 3. The van der Waals surface area contributed by atoms with Gasteiger partial charge >= 0.3 is 18.2 Å². The molecular formula is C9H11BrMg. The highest BCUT2D eigenvalue weighted by Gasteiger charge is 2.01. The summed E-state index contributed by atoms with van der Waals surface area (Å²) in [5.41, 5.74) is 4.26. The summed E-state index contributed by atoms with van der Waals surface area (Å²) >= 11 is 3.44. The second kappa shape index (κ2) is 3.92. The van der Waals surface area contributed by atoms with Crippen molar-refractivity contribution in [3.63, 3.8) is 0 Å². The molecular weight excluding hydrogens is 212 g/mol. The van der Waals surface area contributed by atoms with Gasteiger partial charge in [0.05, 0.1) is 0 Å². The lowest BCUT2D eigenvalue weighted by Crippen LogP contribution is -2.13. The summed E-state index contributed by atoms with van der Waals surface area (Å²) in [6.07, 6.45) is 0. The van der Waals surface area contributed by atoms with Crippen molar-refractivity contribution in [3.8, 4) is 0 Å². The zero-order chi connectivity index (χ0) is 8.43. The molecule has 0 spiro atoms. The number of hydrogen-bond acceptors (Lipinski definition) is 0. The molecule has 0 radical (unpaired) electrons. The van der Waals surface area contributed by atoms with E-state index < -0.39 is 0 Å². The van der Waals surface area contributed by atoms with E-state index in [4.69, 9.17) is 0 Å². The molecule has 11 heavy (non-hydrogen) atoms. The van der Waals surface area contributed by atoms with Gasteiger partial charge in [0.2, 0.25) is 0 Å². The lowest BCUT2D eigenvalue weighted by molar-refractivity contribution is 1.32. The Morgan fingerprint density at radius 1 is 1.00 bits per heavy atom. The van der Waals surface area contributed by atoms with Gasteiger partial charge < -0.3 is 0 Å². The van der Waals surface area contributed by atoms with Crippen molar-refractivity contribution in [1.82, 2.24) is 0 Å². The highest BCUT2D eigenvalue weighted by atomic mass is 79.9. The molecule has 0 nitrogen and oxygen atoms in total. The summed E-state index contributed by atoms with van der Waals surface area (Å²) in [6, 6.07) is 4.59. The average Bonchev–Trinajstić information content (AvgIpc) is 1.97. The molecule has 0 bridgehead atoms. The summed E-state index contributed by atoms with van der Waals surface area (Å²) in [7, 11) is 0. The molecule has 0 aromatic heterocycles. The highest BCUT2D eigenvalue weighted by molar-refractivity contribution is 9.23. The van der Waals surface area contributed by atoms with Crippen LogP contribution < -0.4 is 3.69 Å². The average molecular weight is 223 g/mol. The normalized spacial score (nSPS) is 9.45. The molecule has 1 rings (SSSR count). The van der Waals surface area contributed by atoms with Gasteiger partial charge in [-0.1, -0.05) is 23.3 Å². The van der Waals surface area contributed by atoms with Crippen LogP contribution in [0.4, 0.5) is 0 Å². The molecule has 0 heterocycles. The van der Waals surface area contributed by atoms with Crippen molar-refractivity contribution in [3.05, 3.63) is 28.8 Å². The third-order valence-corrected chi connectivity index (χ3v) is 4.96. The lowest BCUT2D eigenvalue weighted by atomic mass is 10.1. The van der Waals surface area contributed by atoms with Crippen molar-refractivity contribution in [2.24, 2.45) is 0 Å². The molecule has 0 atom stereocenters. The molecule has 0 aliphatic heterocycles. The number of rotatable bonds is 1. The Morgan fingerprint density at radius 2 is 1.55 bits per heavy atom. The Bertz CT molecular complexity index is 269. The molecule has 1 aromatic rings. The standard InChI is InChI=1S/C9H11.BrH.Mg/c1-7-4-5-8(2)9(3)6-7;;/h5-6H,1-3H3;1H;/q;;+1/p-1. The predicted octanol–water partition coefficient (Wildman–Crippen LogP) is 2.25. The van der Waals surface area contributed by atoms with E-state index >= 15 is 0 Å². The number of halogens is 1. The van der Waals surface area contributed by atoms with Crippen LogP contribution in [0, 0.1) is 20.8 Å². The zero-order valence-electron chi connectivity index (χ0n) is 7.24. The summed E-state index contributed by atoms with van der Waals surface area (Å²) in [5.74, 6) is 0. The maximum Gasteiger partial charge on any atom is 0.507 e. The van der Waals surface area contributed by atoms with Crippen LogP contribution in [0.3, 0.4) is 0 Å². The topological polar surface area (TPSA) is 0 Å². The smallest absolute Gasteiger partial charge is 0.296 e. The van der Waals surface area contributed by atoms with Gasteiger partial charge in [-0.05, 0) is 26.3 Å². The van der Waals surface area contributed by atoms with Gasteiger partial charge in [0, 0.05) is 0 Å². The first-order chi connectivity index (χ1) is 5.15. The zero-order valence-corrected chi connectivity index (χ0v) is 10.2. The highest BCUT2D eigenvalue weighted by Crippen LogP contribution is 2.07. The SMILES string of the molecule is Cc1cc(C)[c]([Mg][Br])cc1C. The van der Waals surface area contributed by atoms with Crippen molar-refractivity contribution in [2.45, 2.75) is 20.8 Å². The first-order valence-corrected chi connectivity index (χ1v) is 8.38. The fourth-order valence-electron chi connectivity index (χ4n) is 1.16. The summed E-state index contributed by atoms with van der Waals surface area (Å²) in [6.45, 7) is 6.53.